The summed E-state index contributed by atoms with van der Waals surface area (Å²) in [6.45, 7) is 6.17. The lowest BCUT2D eigenvalue weighted by molar-refractivity contribution is -0.132. The van der Waals surface area contributed by atoms with Crippen molar-refractivity contribution in [2.75, 3.05) is 39.8 Å². The van der Waals surface area contributed by atoms with E-state index in [1.807, 2.05) is 25.1 Å². The van der Waals surface area contributed by atoms with Crippen LogP contribution in [-0.4, -0.2) is 63.4 Å². The number of aryl methyl sites for hydroxylation is 2. The third-order valence-corrected chi connectivity index (χ3v) is 7.17. The molecule has 1 amide bonds. The summed E-state index contributed by atoms with van der Waals surface area (Å²) < 4.78 is 33.6. The normalized spacial score (nSPS) is 14.7. The van der Waals surface area contributed by atoms with Gasteiger partial charge in [-0.25, -0.2) is 8.42 Å². The topological polar surface area (TPSA) is 79.0 Å². The van der Waals surface area contributed by atoms with Gasteiger partial charge < -0.3 is 15.0 Å². The molecule has 7 nitrogen and oxygen atoms in total. The predicted molar refractivity (Wildman–Crippen MR) is 116 cm³/mol. The number of piperazine rings is 1. The molecule has 0 spiro atoms. The van der Waals surface area contributed by atoms with Gasteiger partial charge in [0.15, 0.2) is 0 Å². The first-order valence-corrected chi connectivity index (χ1v) is 11.4. The van der Waals surface area contributed by atoms with Gasteiger partial charge in [0.1, 0.15) is 5.75 Å². The molecule has 2 aromatic rings. The van der Waals surface area contributed by atoms with E-state index in [0.29, 0.717) is 37.5 Å². The lowest BCUT2D eigenvalue weighted by Gasteiger charge is -2.30. The Morgan fingerprint density at radius 1 is 1.13 bits per heavy atom. The largest absolute Gasteiger partial charge is 0.497 e. The maximum absolute atomic E-state index is 13.6. The van der Waals surface area contributed by atoms with Crippen LogP contribution in [0, 0.1) is 13.8 Å². The van der Waals surface area contributed by atoms with Gasteiger partial charge in [-0.3, -0.25) is 4.79 Å². The Hall–Kier alpha value is -2.42. The second kappa shape index (κ2) is 9.59. The van der Waals surface area contributed by atoms with Crippen molar-refractivity contribution in [3.8, 4) is 5.75 Å². The van der Waals surface area contributed by atoms with E-state index in [1.165, 1.54) is 4.31 Å². The van der Waals surface area contributed by atoms with Gasteiger partial charge in [0.05, 0.1) is 18.6 Å². The zero-order valence-corrected chi connectivity index (χ0v) is 18.5. The number of hydrogen-bond donors (Lipinski definition) is 1. The Bertz CT molecular complexity index is 1000. The van der Waals surface area contributed by atoms with Gasteiger partial charge in [-0.05, 0) is 43.2 Å². The summed E-state index contributed by atoms with van der Waals surface area (Å²) in [4.78, 5) is 14.8. The maximum Gasteiger partial charge on any atom is 0.244 e. The van der Waals surface area contributed by atoms with Gasteiger partial charge in [-0.15, -0.1) is 0 Å². The molecule has 0 radical (unpaired) electrons. The fourth-order valence-corrected chi connectivity index (χ4v) is 5.18. The van der Waals surface area contributed by atoms with E-state index in [2.05, 4.69) is 5.32 Å². The van der Waals surface area contributed by atoms with Gasteiger partial charge >= 0.3 is 0 Å². The molecular formula is C22H29N3O4S. The SMILES string of the molecule is COc1cccc(CN(CC(=O)N2CCNCC2)S(=O)(=O)c2ccc(C)cc2C)c1. The van der Waals surface area contributed by atoms with Gasteiger partial charge in [0, 0.05) is 32.7 Å². The number of nitrogens with one attached hydrogen (secondary N) is 1. The standard InChI is InChI=1S/C22H29N3O4S/c1-17-7-8-21(18(2)13-17)30(27,28)25(15-19-5-4-6-20(14-19)29-3)16-22(26)24-11-9-23-10-12-24/h4-8,13-14,23H,9-12,15-16H2,1-3H3. The quantitative estimate of drug-likeness (QED) is 0.725. The monoisotopic (exact) mass is 431 g/mol. The van der Waals surface area contributed by atoms with Crippen molar-refractivity contribution in [2.45, 2.75) is 25.3 Å². The third kappa shape index (κ3) is 5.19. The third-order valence-electron chi connectivity index (χ3n) is 5.22. The van der Waals surface area contributed by atoms with Crippen LogP contribution in [0.1, 0.15) is 16.7 Å². The summed E-state index contributed by atoms with van der Waals surface area (Å²) in [7, 11) is -2.30. The van der Waals surface area contributed by atoms with E-state index < -0.39 is 10.0 Å². The van der Waals surface area contributed by atoms with E-state index in [1.54, 1.807) is 43.2 Å². The van der Waals surface area contributed by atoms with Crippen molar-refractivity contribution < 1.29 is 17.9 Å². The number of sulfonamides is 1. The van der Waals surface area contributed by atoms with Crippen molar-refractivity contribution >= 4 is 15.9 Å². The average molecular weight is 432 g/mol. The first-order chi connectivity index (χ1) is 14.3. The van der Waals surface area contributed by atoms with Gasteiger partial charge in [-0.1, -0.05) is 29.8 Å². The van der Waals surface area contributed by atoms with Crippen molar-refractivity contribution in [1.29, 1.82) is 0 Å². The Morgan fingerprint density at radius 3 is 2.53 bits per heavy atom. The van der Waals surface area contributed by atoms with Crippen LogP contribution in [-0.2, 0) is 21.4 Å². The molecule has 0 bridgehead atoms. The number of ether oxygens (including phenoxy) is 1. The molecule has 2 aromatic carbocycles. The van der Waals surface area contributed by atoms with E-state index in [0.717, 1.165) is 11.1 Å². The van der Waals surface area contributed by atoms with E-state index >= 15 is 0 Å². The molecule has 0 atom stereocenters. The highest BCUT2D eigenvalue weighted by Gasteiger charge is 2.30. The van der Waals surface area contributed by atoms with Crippen LogP contribution in [0.5, 0.6) is 5.75 Å². The number of methoxy groups -OCH3 is 1. The molecule has 1 aliphatic heterocycles. The predicted octanol–water partition coefficient (Wildman–Crippen LogP) is 1.93. The number of hydrogen-bond acceptors (Lipinski definition) is 5. The van der Waals surface area contributed by atoms with Gasteiger partial charge in [0.25, 0.3) is 0 Å². The molecule has 30 heavy (non-hydrogen) atoms. The molecular weight excluding hydrogens is 402 g/mol. The lowest BCUT2D eigenvalue weighted by Crippen LogP contribution is -2.50. The Morgan fingerprint density at radius 2 is 1.87 bits per heavy atom. The summed E-state index contributed by atoms with van der Waals surface area (Å²) >= 11 is 0. The summed E-state index contributed by atoms with van der Waals surface area (Å²) in [6.07, 6.45) is 0. The van der Waals surface area contributed by atoms with Crippen LogP contribution in [0.3, 0.4) is 0 Å². The average Bonchev–Trinajstić information content (AvgIpc) is 2.73. The molecule has 1 aliphatic rings. The van der Waals surface area contributed by atoms with Crippen LogP contribution < -0.4 is 10.1 Å². The molecule has 0 unspecified atom stereocenters. The molecule has 1 N–H and O–H groups in total. The van der Waals surface area contributed by atoms with Crippen molar-refractivity contribution in [3.05, 3.63) is 59.2 Å². The molecule has 0 aliphatic carbocycles. The zero-order valence-electron chi connectivity index (χ0n) is 17.7. The summed E-state index contributed by atoms with van der Waals surface area (Å²) in [5.74, 6) is 0.456. The van der Waals surface area contributed by atoms with Gasteiger partial charge in [0.2, 0.25) is 15.9 Å². The van der Waals surface area contributed by atoms with Crippen LogP contribution in [0.15, 0.2) is 47.4 Å². The summed E-state index contributed by atoms with van der Waals surface area (Å²) in [5, 5.41) is 3.20. The molecule has 0 aromatic heterocycles. The minimum atomic E-state index is -3.87. The number of carbonyl (C=O) groups is 1. The molecule has 162 valence electrons. The van der Waals surface area contributed by atoms with Crippen molar-refractivity contribution in [3.63, 3.8) is 0 Å². The molecule has 1 saturated heterocycles. The number of amides is 1. The highest BCUT2D eigenvalue weighted by Crippen LogP contribution is 2.24. The van der Waals surface area contributed by atoms with Crippen molar-refractivity contribution in [1.82, 2.24) is 14.5 Å². The minimum Gasteiger partial charge on any atom is -0.497 e. The first kappa shape index (κ1) is 22.3. The second-order valence-electron chi connectivity index (χ2n) is 7.52. The maximum atomic E-state index is 13.6. The Kier molecular flexibility index (Phi) is 7.12. The summed E-state index contributed by atoms with van der Waals surface area (Å²) in [5.41, 5.74) is 2.42. The molecule has 0 saturated carbocycles. The molecule has 8 heteroatoms. The molecule has 1 fully saturated rings. The fourth-order valence-electron chi connectivity index (χ4n) is 3.59. The molecule has 1 heterocycles. The summed E-state index contributed by atoms with van der Waals surface area (Å²) in [6, 6.07) is 12.5. The first-order valence-electron chi connectivity index (χ1n) is 10.00. The van der Waals surface area contributed by atoms with Crippen molar-refractivity contribution in [2.24, 2.45) is 0 Å². The highest BCUT2D eigenvalue weighted by atomic mass is 32.2. The Labute approximate surface area is 178 Å². The van der Waals surface area contributed by atoms with Crippen LogP contribution in [0.4, 0.5) is 0 Å². The van der Waals surface area contributed by atoms with E-state index in [9.17, 15) is 13.2 Å². The van der Waals surface area contributed by atoms with E-state index in [-0.39, 0.29) is 23.9 Å². The second-order valence-corrected chi connectivity index (χ2v) is 9.43. The Balaban J connectivity index is 1.93. The van der Waals surface area contributed by atoms with Crippen LogP contribution in [0.25, 0.3) is 0 Å². The number of carbonyl (C=O) groups excluding carboxylic acids is 1. The number of nitrogens with zero attached hydrogens (tertiary/aromatic N) is 2. The lowest BCUT2D eigenvalue weighted by atomic mass is 10.2. The highest BCUT2D eigenvalue weighted by molar-refractivity contribution is 7.89. The minimum absolute atomic E-state index is 0.0880. The van der Waals surface area contributed by atoms with E-state index in [4.69, 9.17) is 4.74 Å². The fraction of sp³-hybridized carbons (Fsp3) is 0.409. The number of rotatable bonds is 7. The van der Waals surface area contributed by atoms with Crippen LogP contribution in [0.2, 0.25) is 0 Å². The smallest absolute Gasteiger partial charge is 0.244 e. The van der Waals surface area contributed by atoms with Crippen LogP contribution >= 0.6 is 0 Å². The van der Waals surface area contributed by atoms with Gasteiger partial charge in [-0.2, -0.15) is 4.31 Å². The number of benzene rings is 2. The molecule has 3 rings (SSSR count). The zero-order chi connectivity index (χ0) is 21.7.